The zero-order chi connectivity index (χ0) is 22.8. The van der Waals surface area contributed by atoms with Crippen molar-refractivity contribution < 1.29 is 27.6 Å². The number of piperazine rings is 1. The van der Waals surface area contributed by atoms with Crippen LogP contribution < -0.4 is 5.32 Å². The molecule has 0 bridgehead atoms. The Hall–Kier alpha value is -3.36. The van der Waals surface area contributed by atoms with Gasteiger partial charge in [0, 0.05) is 36.9 Å². The first-order valence-corrected chi connectivity index (χ1v) is 9.73. The van der Waals surface area contributed by atoms with Crippen molar-refractivity contribution in [1.29, 1.82) is 0 Å². The van der Waals surface area contributed by atoms with E-state index in [-0.39, 0.29) is 23.8 Å². The molecule has 0 unspecified atom stereocenters. The molecule has 0 radical (unpaired) electrons. The number of hydrogen-bond donors (Lipinski definition) is 1. The highest BCUT2D eigenvalue weighted by atomic mass is 19.4. The highest BCUT2D eigenvalue weighted by Gasteiger charge is 2.33. The van der Waals surface area contributed by atoms with Crippen LogP contribution in [0.15, 0.2) is 48.5 Å². The highest BCUT2D eigenvalue weighted by molar-refractivity contribution is 6.35. The molecule has 1 heterocycles. The molecular formula is C22H22F3N3O3. The highest BCUT2D eigenvalue weighted by Crippen LogP contribution is 2.30. The Balaban J connectivity index is 1.63. The Labute approximate surface area is 177 Å². The van der Waals surface area contributed by atoms with Crippen molar-refractivity contribution in [2.45, 2.75) is 32.6 Å². The van der Waals surface area contributed by atoms with Crippen molar-refractivity contribution in [3.05, 3.63) is 65.2 Å². The van der Waals surface area contributed by atoms with Gasteiger partial charge in [0.05, 0.1) is 5.56 Å². The minimum atomic E-state index is -4.50. The van der Waals surface area contributed by atoms with Crippen molar-refractivity contribution in [2.75, 3.05) is 18.4 Å². The molecule has 164 valence electrons. The minimum absolute atomic E-state index is 0.0380. The van der Waals surface area contributed by atoms with E-state index in [0.29, 0.717) is 13.1 Å². The lowest BCUT2D eigenvalue weighted by molar-refractivity contribution is -0.157. The van der Waals surface area contributed by atoms with Gasteiger partial charge in [-0.3, -0.25) is 14.4 Å². The summed E-state index contributed by atoms with van der Waals surface area (Å²) in [5.74, 6) is -1.65. The van der Waals surface area contributed by atoms with Crippen LogP contribution in [0.2, 0.25) is 0 Å². The van der Waals surface area contributed by atoms with Crippen molar-refractivity contribution in [3.8, 4) is 0 Å². The summed E-state index contributed by atoms with van der Waals surface area (Å²) < 4.78 is 38.4. The third kappa shape index (κ3) is 5.22. The Morgan fingerprint density at radius 1 is 1.03 bits per heavy atom. The summed E-state index contributed by atoms with van der Waals surface area (Å²) in [6, 6.07) is 10.7. The summed E-state index contributed by atoms with van der Waals surface area (Å²) in [6.45, 7) is 4.81. The van der Waals surface area contributed by atoms with E-state index in [1.165, 1.54) is 34.1 Å². The Morgan fingerprint density at radius 3 is 2.32 bits per heavy atom. The van der Waals surface area contributed by atoms with Gasteiger partial charge in [-0.05, 0) is 49.7 Å². The van der Waals surface area contributed by atoms with Crippen LogP contribution in [0.25, 0.3) is 0 Å². The van der Waals surface area contributed by atoms with Gasteiger partial charge in [0.1, 0.15) is 0 Å². The van der Waals surface area contributed by atoms with Crippen molar-refractivity contribution in [3.63, 3.8) is 0 Å². The molecule has 0 spiro atoms. The third-order valence-electron chi connectivity index (χ3n) is 5.00. The molecule has 1 N–H and O–H groups in total. The number of rotatable bonds is 5. The second kappa shape index (κ2) is 8.79. The monoisotopic (exact) mass is 433 g/mol. The number of anilines is 1. The lowest BCUT2D eigenvalue weighted by Gasteiger charge is -2.36. The fourth-order valence-electron chi connectivity index (χ4n) is 3.29. The van der Waals surface area contributed by atoms with E-state index in [0.717, 1.165) is 17.7 Å². The van der Waals surface area contributed by atoms with Crippen molar-refractivity contribution >= 4 is 23.4 Å². The van der Waals surface area contributed by atoms with E-state index in [4.69, 9.17) is 0 Å². The molecule has 2 aromatic carbocycles. The van der Waals surface area contributed by atoms with Gasteiger partial charge < -0.3 is 15.1 Å². The van der Waals surface area contributed by atoms with Gasteiger partial charge in [-0.25, -0.2) is 0 Å². The lowest BCUT2D eigenvalue weighted by atomic mass is 10.1. The maximum Gasteiger partial charge on any atom is 0.416 e. The Bertz CT molecular complexity index is 987. The molecule has 1 fully saturated rings. The van der Waals surface area contributed by atoms with Gasteiger partial charge in [0.15, 0.2) is 0 Å². The van der Waals surface area contributed by atoms with Gasteiger partial charge in [0.25, 0.3) is 5.91 Å². The number of nitrogens with zero attached hydrogens (tertiary/aromatic N) is 2. The summed E-state index contributed by atoms with van der Waals surface area (Å²) in [7, 11) is 0. The summed E-state index contributed by atoms with van der Waals surface area (Å²) >= 11 is 0. The molecule has 9 heteroatoms. The number of alkyl halides is 3. The summed E-state index contributed by atoms with van der Waals surface area (Å²) in [6.07, 6.45) is -4.50. The second-order valence-electron chi connectivity index (χ2n) is 7.55. The summed E-state index contributed by atoms with van der Waals surface area (Å²) in [4.78, 5) is 39.8. The molecule has 3 amide bonds. The van der Waals surface area contributed by atoms with E-state index in [9.17, 15) is 27.6 Å². The smallest absolute Gasteiger partial charge is 0.330 e. The normalized spacial score (nSPS) is 14.9. The molecule has 0 aromatic heterocycles. The maximum absolute atomic E-state index is 12.8. The fourth-order valence-corrected chi connectivity index (χ4v) is 3.29. The Morgan fingerprint density at radius 2 is 1.71 bits per heavy atom. The largest absolute Gasteiger partial charge is 0.416 e. The number of hydrogen-bond acceptors (Lipinski definition) is 3. The first-order chi connectivity index (χ1) is 14.6. The molecular weight excluding hydrogens is 411 g/mol. The van der Waals surface area contributed by atoms with E-state index in [1.807, 2.05) is 13.8 Å². The molecule has 31 heavy (non-hydrogen) atoms. The average Bonchev–Trinajstić information content (AvgIpc) is 2.71. The Kier molecular flexibility index (Phi) is 6.33. The van der Waals surface area contributed by atoms with Crippen LogP contribution in [0.5, 0.6) is 0 Å². The number of carbonyl (C=O) groups excluding carboxylic acids is 3. The minimum Gasteiger partial charge on any atom is -0.330 e. The number of halogens is 3. The van der Waals surface area contributed by atoms with Gasteiger partial charge in [-0.1, -0.05) is 18.2 Å². The van der Waals surface area contributed by atoms with E-state index in [1.54, 1.807) is 12.1 Å². The molecule has 3 rings (SSSR count). The van der Waals surface area contributed by atoms with Crippen LogP contribution in [0.1, 0.15) is 35.3 Å². The van der Waals surface area contributed by atoms with Gasteiger partial charge in [-0.2, -0.15) is 13.2 Å². The van der Waals surface area contributed by atoms with E-state index in [2.05, 4.69) is 5.32 Å². The molecule has 0 atom stereocenters. The molecule has 1 aliphatic rings. The number of carbonyl (C=O) groups is 3. The predicted molar refractivity (Wildman–Crippen MR) is 108 cm³/mol. The molecule has 0 aliphatic carbocycles. The van der Waals surface area contributed by atoms with Crippen molar-refractivity contribution in [2.24, 2.45) is 0 Å². The van der Waals surface area contributed by atoms with Gasteiger partial charge in [0.2, 0.25) is 0 Å². The second-order valence-corrected chi connectivity index (χ2v) is 7.55. The van der Waals surface area contributed by atoms with E-state index < -0.39 is 29.5 Å². The van der Waals surface area contributed by atoms with Crippen LogP contribution in [0, 0.1) is 0 Å². The van der Waals surface area contributed by atoms with Crippen LogP contribution in [0.4, 0.5) is 18.9 Å². The quantitative estimate of drug-likeness (QED) is 0.734. The topological polar surface area (TPSA) is 69.7 Å². The van der Waals surface area contributed by atoms with Crippen molar-refractivity contribution in [1.82, 2.24) is 9.80 Å². The maximum atomic E-state index is 12.8. The summed E-state index contributed by atoms with van der Waals surface area (Å²) in [5, 5.41) is 2.45. The summed E-state index contributed by atoms with van der Waals surface area (Å²) in [5.41, 5.74) is 0.177. The van der Waals surface area contributed by atoms with E-state index >= 15 is 0 Å². The standard InChI is InChI=1S/C22H22F3N3O3/c1-14(2)28-11-10-27(20(30)21(28)31)13-15-6-8-16(9-7-15)19(29)26-18-5-3-4-17(12-18)22(23,24)25/h3-9,12,14H,10-11,13H2,1-2H3,(H,26,29). The average molecular weight is 433 g/mol. The van der Waals surface area contributed by atoms with Crippen LogP contribution in [0.3, 0.4) is 0 Å². The first kappa shape index (κ1) is 22.3. The van der Waals surface area contributed by atoms with Gasteiger partial charge in [-0.15, -0.1) is 0 Å². The van der Waals surface area contributed by atoms with Gasteiger partial charge >= 0.3 is 18.0 Å². The third-order valence-corrected chi connectivity index (χ3v) is 5.00. The molecule has 6 nitrogen and oxygen atoms in total. The molecule has 1 saturated heterocycles. The van der Waals surface area contributed by atoms with Crippen LogP contribution in [-0.2, 0) is 22.3 Å². The number of benzene rings is 2. The predicted octanol–water partition coefficient (Wildman–Crippen LogP) is 3.54. The first-order valence-electron chi connectivity index (χ1n) is 9.73. The molecule has 0 saturated carbocycles. The zero-order valence-electron chi connectivity index (χ0n) is 17.1. The lowest BCUT2D eigenvalue weighted by Crippen LogP contribution is -2.55. The zero-order valence-corrected chi connectivity index (χ0v) is 17.1. The van der Waals surface area contributed by atoms with Crippen LogP contribution >= 0.6 is 0 Å². The number of amides is 3. The molecule has 1 aliphatic heterocycles. The molecule has 2 aromatic rings. The SMILES string of the molecule is CC(C)N1CCN(Cc2ccc(C(=O)Nc3cccc(C(F)(F)F)c3)cc2)C(=O)C1=O. The number of nitrogens with one attached hydrogen (secondary N) is 1. The fraction of sp³-hybridized carbons (Fsp3) is 0.318. The van der Waals surface area contributed by atoms with Crippen LogP contribution in [-0.4, -0.2) is 46.7 Å².